The van der Waals surface area contributed by atoms with Crippen LogP contribution in [0.2, 0.25) is 0 Å². The Bertz CT molecular complexity index is 782. The van der Waals surface area contributed by atoms with Crippen molar-refractivity contribution in [3.63, 3.8) is 0 Å². The molecule has 8 heteroatoms. The molecule has 0 radical (unpaired) electrons. The SMILES string of the molecule is CC(C)(C)OC(=O)NC1(C(=O)O)CCN(C(=O)Nc2ccc(C(C)(C)C)cc2)CC1. The summed E-state index contributed by atoms with van der Waals surface area (Å²) in [7, 11) is 0. The van der Waals surface area contributed by atoms with Crippen LogP contribution >= 0.6 is 0 Å². The van der Waals surface area contributed by atoms with Crippen LogP contribution in [0, 0.1) is 0 Å². The lowest BCUT2D eigenvalue weighted by atomic mass is 9.87. The average molecular weight is 420 g/mol. The summed E-state index contributed by atoms with van der Waals surface area (Å²) < 4.78 is 5.20. The number of carbonyl (C=O) groups is 3. The van der Waals surface area contributed by atoms with Gasteiger partial charge in [0.15, 0.2) is 0 Å². The van der Waals surface area contributed by atoms with E-state index < -0.39 is 23.2 Å². The van der Waals surface area contributed by atoms with Crippen LogP contribution in [-0.2, 0) is 14.9 Å². The Kier molecular flexibility index (Phi) is 6.69. The molecule has 0 bridgehead atoms. The van der Waals surface area contributed by atoms with E-state index in [0.717, 1.165) is 5.56 Å². The van der Waals surface area contributed by atoms with Gasteiger partial charge in [0.05, 0.1) is 0 Å². The van der Waals surface area contributed by atoms with Gasteiger partial charge in [-0.05, 0) is 56.7 Å². The number of benzene rings is 1. The Hall–Kier alpha value is -2.77. The van der Waals surface area contributed by atoms with E-state index in [1.807, 2.05) is 24.3 Å². The average Bonchev–Trinajstić information content (AvgIpc) is 2.60. The number of carboxylic acids is 1. The standard InChI is InChI=1S/C22H33N3O5/c1-20(2,3)15-7-9-16(10-8-15)23-18(28)25-13-11-22(12-14-25,17(26)27)24-19(29)30-21(4,5)6/h7-10H,11-14H2,1-6H3,(H,23,28)(H,24,29)(H,26,27). The van der Waals surface area contributed by atoms with Crippen molar-refractivity contribution in [2.75, 3.05) is 18.4 Å². The lowest BCUT2D eigenvalue weighted by molar-refractivity contribution is -0.146. The van der Waals surface area contributed by atoms with Crippen LogP contribution in [0.4, 0.5) is 15.3 Å². The molecule has 1 fully saturated rings. The highest BCUT2D eigenvalue weighted by molar-refractivity contribution is 5.90. The Balaban J connectivity index is 1.97. The Morgan fingerprint density at radius 3 is 1.97 bits per heavy atom. The van der Waals surface area contributed by atoms with Gasteiger partial charge in [0.1, 0.15) is 11.1 Å². The molecule has 1 saturated heterocycles. The molecule has 0 aliphatic carbocycles. The van der Waals surface area contributed by atoms with Gasteiger partial charge in [-0.15, -0.1) is 0 Å². The first-order valence-corrected chi connectivity index (χ1v) is 10.1. The third kappa shape index (κ3) is 6.11. The van der Waals surface area contributed by atoms with Gasteiger partial charge in [0, 0.05) is 18.8 Å². The zero-order valence-electron chi connectivity index (χ0n) is 18.7. The number of carbonyl (C=O) groups excluding carboxylic acids is 2. The first-order valence-electron chi connectivity index (χ1n) is 10.1. The fraction of sp³-hybridized carbons (Fsp3) is 0.591. The molecule has 30 heavy (non-hydrogen) atoms. The molecule has 166 valence electrons. The molecule has 0 atom stereocenters. The van der Waals surface area contributed by atoms with Crippen molar-refractivity contribution in [3.05, 3.63) is 29.8 Å². The van der Waals surface area contributed by atoms with Gasteiger partial charge in [-0.25, -0.2) is 14.4 Å². The lowest BCUT2D eigenvalue weighted by Crippen LogP contribution is -2.61. The van der Waals surface area contributed by atoms with Crippen molar-refractivity contribution >= 4 is 23.8 Å². The van der Waals surface area contributed by atoms with E-state index in [-0.39, 0.29) is 37.4 Å². The number of amides is 3. The Labute approximate surface area is 178 Å². The summed E-state index contributed by atoms with van der Waals surface area (Å²) in [6, 6.07) is 7.37. The molecule has 0 aromatic heterocycles. The van der Waals surface area contributed by atoms with Gasteiger partial charge in [-0.2, -0.15) is 0 Å². The number of hydrogen-bond acceptors (Lipinski definition) is 4. The Morgan fingerprint density at radius 2 is 1.53 bits per heavy atom. The first-order chi connectivity index (χ1) is 13.7. The van der Waals surface area contributed by atoms with Gasteiger partial charge in [0.25, 0.3) is 0 Å². The monoisotopic (exact) mass is 419 g/mol. The molecular formula is C22H33N3O5. The summed E-state index contributed by atoms with van der Waals surface area (Å²) in [6.07, 6.45) is -0.586. The molecule has 1 aromatic carbocycles. The maximum Gasteiger partial charge on any atom is 0.408 e. The number of piperidine rings is 1. The van der Waals surface area contributed by atoms with Crippen LogP contribution < -0.4 is 10.6 Å². The van der Waals surface area contributed by atoms with E-state index in [2.05, 4.69) is 31.4 Å². The highest BCUT2D eigenvalue weighted by atomic mass is 16.6. The fourth-order valence-corrected chi connectivity index (χ4v) is 3.24. The number of urea groups is 1. The van der Waals surface area contributed by atoms with Crippen molar-refractivity contribution in [1.82, 2.24) is 10.2 Å². The second-order valence-electron chi connectivity index (χ2n) is 9.76. The number of carboxylic acid groups (broad SMARTS) is 1. The maximum absolute atomic E-state index is 12.6. The Morgan fingerprint density at radius 1 is 1.00 bits per heavy atom. The zero-order valence-corrected chi connectivity index (χ0v) is 18.7. The lowest BCUT2D eigenvalue weighted by Gasteiger charge is -2.39. The molecular weight excluding hydrogens is 386 g/mol. The molecule has 1 aromatic rings. The molecule has 0 unspecified atom stereocenters. The normalized spacial score (nSPS) is 16.5. The van der Waals surface area contributed by atoms with E-state index in [0.29, 0.717) is 5.69 Å². The highest BCUT2D eigenvalue weighted by Gasteiger charge is 2.44. The third-order valence-corrected chi connectivity index (χ3v) is 5.06. The number of nitrogens with zero attached hydrogens (tertiary/aromatic N) is 1. The summed E-state index contributed by atoms with van der Waals surface area (Å²) in [5, 5.41) is 15.0. The van der Waals surface area contributed by atoms with Gasteiger partial charge >= 0.3 is 18.1 Å². The van der Waals surface area contributed by atoms with Crippen molar-refractivity contribution < 1.29 is 24.2 Å². The minimum absolute atomic E-state index is 0.0245. The summed E-state index contributed by atoms with van der Waals surface area (Å²) >= 11 is 0. The fourth-order valence-electron chi connectivity index (χ4n) is 3.24. The second kappa shape index (κ2) is 8.53. The molecule has 1 aliphatic rings. The molecule has 1 heterocycles. The summed E-state index contributed by atoms with van der Waals surface area (Å²) in [6.45, 7) is 11.9. The topological polar surface area (TPSA) is 108 Å². The highest BCUT2D eigenvalue weighted by Crippen LogP contribution is 2.26. The molecule has 3 amide bonds. The predicted octanol–water partition coefficient (Wildman–Crippen LogP) is 3.96. The summed E-state index contributed by atoms with van der Waals surface area (Å²) in [4.78, 5) is 38.1. The number of rotatable bonds is 3. The van der Waals surface area contributed by atoms with Crippen molar-refractivity contribution in [1.29, 1.82) is 0 Å². The van der Waals surface area contributed by atoms with E-state index >= 15 is 0 Å². The molecule has 2 rings (SSSR count). The van der Waals surface area contributed by atoms with Crippen molar-refractivity contribution in [2.24, 2.45) is 0 Å². The molecule has 0 spiro atoms. The molecule has 0 saturated carbocycles. The van der Waals surface area contributed by atoms with Crippen LogP contribution in [0.1, 0.15) is 59.9 Å². The first kappa shape index (κ1) is 23.5. The predicted molar refractivity (Wildman–Crippen MR) is 115 cm³/mol. The van der Waals surface area contributed by atoms with Crippen molar-refractivity contribution in [2.45, 2.75) is 70.9 Å². The molecule has 8 nitrogen and oxygen atoms in total. The van der Waals surface area contributed by atoms with E-state index in [1.165, 1.54) is 0 Å². The smallest absolute Gasteiger partial charge is 0.408 e. The minimum Gasteiger partial charge on any atom is -0.480 e. The van der Waals surface area contributed by atoms with Crippen LogP contribution in [0.25, 0.3) is 0 Å². The van der Waals surface area contributed by atoms with Crippen molar-refractivity contribution in [3.8, 4) is 0 Å². The van der Waals surface area contributed by atoms with Gasteiger partial charge < -0.3 is 25.4 Å². The minimum atomic E-state index is -1.45. The largest absolute Gasteiger partial charge is 0.480 e. The van der Waals surface area contributed by atoms with E-state index in [4.69, 9.17) is 4.74 Å². The number of anilines is 1. The number of alkyl carbamates (subject to hydrolysis) is 1. The van der Waals surface area contributed by atoms with E-state index in [9.17, 15) is 19.5 Å². The number of nitrogens with one attached hydrogen (secondary N) is 2. The van der Waals surface area contributed by atoms with Crippen LogP contribution in [0.3, 0.4) is 0 Å². The van der Waals surface area contributed by atoms with Crippen LogP contribution in [-0.4, -0.2) is 52.3 Å². The quantitative estimate of drug-likeness (QED) is 0.687. The maximum atomic E-state index is 12.6. The summed E-state index contributed by atoms with van der Waals surface area (Å²) in [5.41, 5.74) is -0.315. The van der Waals surface area contributed by atoms with Gasteiger partial charge in [-0.1, -0.05) is 32.9 Å². The van der Waals surface area contributed by atoms with Crippen LogP contribution in [0.15, 0.2) is 24.3 Å². The number of ether oxygens (including phenoxy) is 1. The van der Waals surface area contributed by atoms with E-state index in [1.54, 1.807) is 25.7 Å². The van der Waals surface area contributed by atoms with Gasteiger partial charge in [-0.3, -0.25) is 0 Å². The second-order valence-corrected chi connectivity index (χ2v) is 9.76. The van der Waals surface area contributed by atoms with Crippen LogP contribution in [0.5, 0.6) is 0 Å². The zero-order chi connectivity index (χ0) is 22.7. The summed E-state index contributed by atoms with van der Waals surface area (Å²) in [5.74, 6) is -1.13. The number of hydrogen-bond donors (Lipinski definition) is 3. The number of aliphatic carboxylic acids is 1. The van der Waals surface area contributed by atoms with Gasteiger partial charge in [0.2, 0.25) is 0 Å². The third-order valence-electron chi connectivity index (χ3n) is 5.06. The molecule has 3 N–H and O–H groups in total. The number of likely N-dealkylation sites (tertiary alicyclic amines) is 1. The molecule has 1 aliphatic heterocycles.